The van der Waals surface area contributed by atoms with Crippen LogP contribution >= 0.6 is 38.5 Å². The van der Waals surface area contributed by atoms with Gasteiger partial charge in [-0.1, -0.05) is 22.0 Å². The molecular weight excluding hydrogens is 555 g/mol. The van der Waals surface area contributed by atoms with Gasteiger partial charge in [0.25, 0.3) is 5.91 Å². The van der Waals surface area contributed by atoms with Crippen LogP contribution in [0.5, 0.6) is 5.75 Å². The summed E-state index contributed by atoms with van der Waals surface area (Å²) in [6, 6.07) is 12.2. The minimum Gasteiger partial charge on any atom is -0.508 e. The second-order valence-electron chi connectivity index (χ2n) is 6.04. The van der Waals surface area contributed by atoms with Gasteiger partial charge in [0.15, 0.2) is 0 Å². The van der Waals surface area contributed by atoms with Crippen LogP contribution < -0.4 is 10.8 Å². The third-order valence-corrected chi connectivity index (χ3v) is 5.09. The average Bonchev–Trinajstić information content (AvgIpc) is 2.70. The second-order valence-corrected chi connectivity index (χ2v) is 8.20. The number of benzene rings is 2. The molecule has 0 bridgehead atoms. The number of carbonyl (C=O) groups excluding carboxylic acids is 2. The van der Waals surface area contributed by atoms with E-state index < -0.39 is 18.1 Å². The van der Waals surface area contributed by atoms with Crippen molar-refractivity contribution in [1.29, 1.82) is 0 Å². The van der Waals surface area contributed by atoms with E-state index in [0.29, 0.717) is 30.5 Å². The van der Waals surface area contributed by atoms with Crippen LogP contribution in [0.25, 0.3) is 0 Å². The first-order valence-corrected chi connectivity index (χ1v) is 10.6. The molecule has 0 aromatic heterocycles. The Morgan fingerprint density at radius 1 is 1.21 bits per heavy atom. The van der Waals surface area contributed by atoms with Crippen molar-refractivity contribution in [2.45, 2.75) is 25.4 Å². The molecule has 29 heavy (non-hydrogen) atoms. The minimum absolute atomic E-state index is 0.0436. The van der Waals surface area contributed by atoms with Gasteiger partial charge in [0.05, 0.1) is 0 Å². The topological polar surface area (TPSA) is 108 Å². The summed E-state index contributed by atoms with van der Waals surface area (Å²) in [5.74, 6) is -0.566. The van der Waals surface area contributed by atoms with E-state index in [4.69, 9.17) is 9.94 Å². The summed E-state index contributed by atoms with van der Waals surface area (Å²) >= 11 is 5.46. The molecule has 2 aromatic carbocycles. The molecule has 4 N–H and O–H groups in total. The number of anilines is 1. The molecule has 154 valence electrons. The molecule has 9 heteroatoms. The van der Waals surface area contributed by atoms with E-state index in [1.54, 1.807) is 48.5 Å². The van der Waals surface area contributed by atoms with Gasteiger partial charge in [-0.2, -0.15) is 0 Å². The van der Waals surface area contributed by atoms with Crippen LogP contribution in [0.3, 0.4) is 0 Å². The molecule has 0 saturated carbocycles. The van der Waals surface area contributed by atoms with Gasteiger partial charge >= 0.3 is 6.09 Å². The number of ether oxygens (including phenoxy) is 1. The maximum atomic E-state index is 12.4. The number of unbranched alkanes of at least 4 members (excludes halogenated alkanes) is 1. The Kier molecular flexibility index (Phi) is 9.42. The molecule has 2 aromatic rings. The van der Waals surface area contributed by atoms with E-state index in [-0.39, 0.29) is 5.75 Å². The molecule has 0 radical (unpaired) electrons. The summed E-state index contributed by atoms with van der Waals surface area (Å²) in [6.45, 7) is 0. The fourth-order valence-corrected chi connectivity index (χ4v) is 3.30. The molecule has 0 heterocycles. The number of nitrogens with one attached hydrogen (secondary N) is 2. The number of rotatable bonds is 8. The highest BCUT2D eigenvalue weighted by atomic mass is 127. The zero-order valence-electron chi connectivity index (χ0n) is 15.3. The molecule has 0 aliphatic carbocycles. The van der Waals surface area contributed by atoms with Gasteiger partial charge in [-0.15, -0.1) is 0 Å². The van der Waals surface area contributed by atoms with E-state index >= 15 is 0 Å². The summed E-state index contributed by atoms with van der Waals surface area (Å²) in [5.41, 5.74) is 2.62. The van der Waals surface area contributed by atoms with Crippen molar-refractivity contribution in [3.8, 4) is 5.75 Å². The molecule has 0 saturated heterocycles. The summed E-state index contributed by atoms with van der Waals surface area (Å²) < 4.78 is 7.38. The predicted octanol–water partition coefficient (Wildman–Crippen LogP) is 5.28. The fourth-order valence-electron chi connectivity index (χ4n) is 2.52. The number of hydrogen-bond acceptors (Lipinski definition) is 5. The minimum atomic E-state index is -0.666. The van der Waals surface area contributed by atoms with Gasteiger partial charge in [-0.3, -0.25) is 15.3 Å². The number of hydroxylamine groups is 1. The highest BCUT2D eigenvalue weighted by Gasteiger charge is 2.20. The quantitative estimate of drug-likeness (QED) is 0.113. The largest absolute Gasteiger partial charge is 0.508 e. The fraction of sp³-hybridized carbons (Fsp3) is 0.200. The highest BCUT2D eigenvalue weighted by molar-refractivity contribution is 14.1. The van der Waals surface area contributed by atoms with E-state index in [9.17, 15) is 14.7 Å². The Balaban J connectivity index is 2.06. The molecule has 7 nitrogen and oxygen atoms in total. The number of phenols is 1. The average molecular weight is 575 g/mol. The zero-order valence-corrected chi connectivity index (χ0v) is 19.0. The summed E-state index contributed by atoms with van der Waals surface area (Å²) in [4.78, 5) is 23.4. The van der Waals surface area contributed by atoms with E-state index in [1.807, 2.05) is 0 Å². The Labute approximate surface area is 190 Å². The molecule has 2 amide bonds. The lowest BCUT2D eigenvalue weighted by Gasteiger charge is -2.20. The Hall–Kier alpha value is -2.11. The summed E-state index contributed by atoms with van der Waals surface area (Å²) in [6.07, 6.45) is 3.10. The lowest BCUT2D eigenvalue weighted by molar-refractivity contribution is -0.124. The monoisotopic (exact) mass is 574 g/mol. The molecular formula is C20H20BrIN2O5. The van der Waals surface area contributed by atoms with Gasteiger partial charge in [0.2, 0.25) is 0 Å². The maximum absolute atomic E-state index is 12.4. The van der Waals surface area contributed by atoms with Crippen LogP contribution in [-0.2, 0) is 9.53 Å². The number of halogens is 2. The molecule has 1 atom stereocenters. The van der Waals surface area contributed by atoms with Crippen molar-refractivity contribution < 1.29 is 24.6 Å². The Morgan fingerprint density at radius 2 is 1.93 bits per heavy atom. The molecule has 0 aliphatic rings. The van der Waals surface area contributed by atoms with Crippen molar-refractivity contribution in [3.63, 3.8) is 0 Å². The third-order valence-electron chi connectivity index (χ3n) is 3.89. The normalized spacial score (nSPS) is 11.8. The summed E-state index contributed by atoms with van der Waals surface area (Å²) in [7, 11) is 0. The molecule has 0 unspecified atom stereocenters. The van der Waals surface area contributed by atoms with Gasteiger partial charge < -0.3 is 9.84 Å². The van der Waals surface area contributed by atoms with Crippen LogP contribution in [0.4, 0.5) is 10.5 Å². The van der Waals surface area contributed by atoms with Gasteiger partial charge in [0, 0.05) is 25.4 Å². The number of hydrogen-bond donors (Lipinski definition) is 4. The molecule has 0 spiro atoms. The Bertz CT molecular complexity index is 874. The standard InChI is InChI=1S/C20H20BrIN2O5/c21-13-6-9-15(10-7-13)23-20(27)29-18(4-2-1-3-5-19(26)24-28)16-12-14(22)8-11-17(16)25/h3,5-12,18,25,28H,1-2,4H2,(H,23,27)(H,24,26)/b5-3+/t18-/m1/s1. The van der Waals surface area contributed by atoms with Crippen molar-refractivity contribution >= 4 is 56.2 Å². The van der Waals surface area contributed by atoms with Crippen molar-refractivity contribution in [2.75, 3.05) is 5.32 Å². The third kappa shape index (κ3) is 8.03. The van der Waals surface area contributed by atoms with Crippen molar-refractivity contribution in [2.24, 2.45) is 0 Å². The Morgan fingerprint density at radius 3 is 2.62 bits per heavy atom. The van der Waals surface area contributed by atoms with Gasteiger partial charge in [-0.05, 0) is 84.3 Å². The van der Waals surface area contributed by atoms with E-state index in [1.165, 1.54) is 11.6 Å². The van der Waals surface area contributed by atoms with Gasteiger partial charge in [0.1, 0.15) is 11.9 Å². The van der Waals surface area contributed by atoms with Crippen LogP contribution in [0.15, 0.2) is 59.1 Å². The zero-order chi connectivity index (χ0) is 21.2. The number of phenolic OH excluding ortho intramolecular Hbond substituents is 1. The first-order valence-electron chi connectivity index (χ1n) is 8.71. The lowest BCUT2D eigenvalue weighted by Crippen LogP contribution is -2.18. The number of amides is 2. The van der Waals surface area contributed by atoms with Crippen LogP contribution in [0.1, 0.15) is 30.9 Å². The molecule has 2 rings (SSSR count). The van der Waals surface area contributed by atoms with Crippen molar-refractivity contribution in [1.82, 2.24) is 5.48 Å². The van der Waals surface area contributed by atoms with Crippen LogP contribution in [0, 0.1) is 3.57 Å². The number of allylic oxidation sites excluding steroid dienone is 1. The highest BCUT2D eigenvalue weighted by Crippen LogP contribution is 2.32. The first kappa shape index (κ1) is 23.2. The van der Waals surface area contributed by atoms with E-state index in [0.717, 1.165) is 8.04 Å². The smallest absolute Gasteiger partial charge is 0.412 e. The number of aromatic hydroxyl groups is 1. The maximum Gasteiger partial charge on any atom is 0.412 e. The SMILES string of the molecule is O=C(/C=C/CCC[C@@H](OC(=O)Nc1ccc(Br)cc1)c1cc(I)ccc1O)NO. The van der Waals surface area contributed by atoms with E-state index in [2.05, 4.69) is 43.8 Å². The second kappa shape index (κ2) is 11.8. The number of carbonyl (C=O) groups is 2. The van der Waals surface area contributed by atoms with Crippen LogP contribution in [0.2, 0.25) is 0 Å². The first-order chi connectivity index (χ1) is 13.9. The van der Waals surface area contributed by atoms with Crippen LogP contribution in [-0.4, -0.2) is 22.3 Å². The van der Waals surface area contributed by atoms with Crippen molar-refractivity contribution in [3.05, 3.63) is 68.2 Å². The summed E-state index contributed by atoms with van der Waals surface area (Å²) in [5, 5.41) is 21.4. The lowest BCUT2D eigenvalue weighted by atomic mass is 10.0. The van der Waals surface area contributed by atoms with Gasteiger partial charge in [-0.25, -0.2) is 10.3 Å². The molecule has 0 aliphatic heterocycles. The molecule has 0 fully saturated rings. The predicted molar refractivity (Wildman–Crippen MR) is 121 cm³/mol.